The van der Waals surface area contributed by atoms with Gasteiger partial charge in [0, 0.05) is 12.6 Å². The van der Waals surface area contributed by atoms with Gasteiger partial charge in [0.05, 0.1) is 11.0 Å². The summed E-state index contributed by atoms with van der Waals surface area (Å²) in [5.41, 5.74) is 0. The average Bonchev–Trinajstić information content (AvgIpc) is 2.77. The smallest absolute Gasteiger partial charge is 0.243 e. The maximum Gasteiger partial charge on any atom is 0.243 e. The topological polar surface area (TPSA) is 57.6 Å². The van der Waals surface area contributed by atoms with E-state index in [9.17, 15) is 17.9 Å². The van der Waals surface area contributed by atoms with E-state index in [1.165, 1.54) is 16.4 Å². The van der Waals surface area contributed by atoms with Gasteiger partial charge >= 0.3 is 0 Å². The molecule has 0 saturated carbocycles. The first-order valence-corrected chi connectivity index (χ1v) is 7.81. The second-order valence-electron chi connectivity index (χ2n) is 4.95. The van der Waals surface area contributed by atoms with Crippen molar-refractivity contribution in [1.82, 2.24) is 4.31 Å². The van der Waals surface area contributed by atoms with Gasteiger partial charge in [-0.3, -0.25) is 0 Å². The molecular weight excluding hydrogens is 269 g/mol. The zero-order valence-electron chi connectivity index (χ0n) is 10.8. The van der Waals surface area contributed by atoms with Gasteiger partial charge in [0.15, 0.2) is 0 Å². The maximum atomic E-state index is 12.9. The van der Waals surface area contributed by atoms with Crippen LogP contribution in [-0.4, -0.2) is 36.5 Å². The van der Waals surface area contributed by atoms with Gasteiger partial charge in [0.25, 0.3) is 0 Å². The van der Waals surface area contributed by atoms with Gasteiger partial charge in [-0.1, -0.05) is 0 Å². The van der Waals surface area contributed by atoms with Crippen LogP contribution in [0.15, 0.2) is 29.2 Å². The standard InChI is InChI=1S/C13H18FNO3S/c1-10(16)9-12-3-2-8-15(12)19(17,18)13-6-4-11(14)5-7-13/h4-7,10,12,16H,2-3,8-9H2,1H3. The highest BCUT2D eigenvalue weighted by molar-refractivity contribution is 7.89. The highest BCUT2D eigenvalue weighted by atomic mass is 32.2. The molecule has 106 valence electrons. The molecule has 1 fully saturated rings. The summed E-state index contributed by atoms with van der Waals surface area (Å²) in [5.74, 6) is -0.457. The third-order valence-corrected chi connectivity index (χ3v) is 5.32. The van der Waals surface area contributed by atoms with Crippen LogP contribution in [-0.2, 0) is 10.0 Å². The molecule has 1 aliphatic heterocycles. The van der Waals surface area contributed by atoms with Crippen molar-refractivity contribution in [2.24, 2.45) is 0 Å². The second kappa shape index (κ2) is 5.56. The third-order valence-electron chi connectivity index (χ3n) is 3.36. The summed E-state index contributed by atoms with van der Waals surface area (Å²) in [6.45, 7) is 2.11. The molecule has 0 aliphatic carbocycles. The first-order chi connectivity index (χ1) is 8.91. The van der Waals surface area contributed by atoms with Crippen molar-refractivity contribution in [2.75, 3.05) is 6.54 Å². The predicted molar refractivity (Wildman–Crippen MR) is 69.6 cm³/mol. The van der Waals surface area contributed by atoms with Crippen LogP contribution in [0, 0.1) is 5.82 Å². The molecule has 2 atom stereocenters. The number of hydrogen-bond acceptors (Lipinski definition) is 3. The largest absolute Gasteiger partial charge is 0.393 e. The summed E-state index contributed by atoms with van der Waals surface area (Å²) >= 11 is 0. The fourth-order valence-corrected chi connectivity index (χ4v) is 4.20. The lowest BCUT2D eigenvalue weighted by Gasteiger charge is -2.25. The van der Waals surface area contributed by atoms with E-state index in [1.54, 1.807) is 6.92 Å². The summed E-state index contributed by atoms with van der Waals surface area (Å²) in [6, 6.07) is 4.68. The average molecular weight is 287 g/mol. The molecule has 1 aliphatic rings. The highest BCUT2D eigenvalue weighted by Crippen LogP contribution is 2.28. The van der Waals surface area contributed by atoms with Crippen LogP contribution >= 0.6 is 0 Å². The molecule has 1 saturated heterocycles. The minimum absolute atomic E-state index is 0.103. The minimum Gasteiger partial charge on any atom is -0.393 e. The molecular formula is C13H18FNO3S. The molecule has 0 bridgehead atoms. The lowest BCUT2D eigenvalue weighted by Crippen LogP contribution is -2.37. The van der Waals surface area contributed by atoms with Gasteiger partial charge < -0.3 is 5.11 Å². The minimum atomic E-state index is -3.59. The van der Waals surface area contributed by atoms with Gasteiger partial charge in [-0.25, -0.2) is 12.8 Å². The van der Waals surface area contributed by atoms with Gasteiger partial charge in [0.2, 0.25) is 10.0 Å². The Labute approximate surface area is 112 Å². The molecule has 19 heavy (non-hydrogen) atoms. The quantitative estimate of drug-likeness (QED) is 0.918. The molecule has 1 aromatic carbocycles. The van der Waals surface area contributed by atoms with Crippen molar-refractivity contribution in [1.29, 1.82) is 0 Å². The van der Waals surface area contributed by atoms with Crippen molar-refractivity contribution in [3.63, 3.8) is 0 Å². The predicted octanol–water partition coefficient (Wildman–Crippen LogP) is 1.75. The zero-order chi connectivity index (χ0) is 14.0. The van der Waals surface area contributed by atoms with Crippen molar-refractivity contribution >= 4 is 10.0 Å². The third kappa shape index (κ3) is 3.13. The van der Waals surface area contributed by atoms with E-state index in [-0.39, 0.29) is 10.9 Å². The fourth-order valence-electron chi connectivity index (χ4n) is 2.50. The number of hydrogen-bond donors (Lipinski definition) is 1. The van der Waals surface area contributed by atoms with Crippen molar-refractivity contribution in [2.45, 2.75) is 43.2 Å². The summed E-state index contributed by atoms with van der Waals surface area (Å²) < 4.78 is 39.2. The number of rotatable bonds is 4. The number of sulfonamides is 1. The number of benzene rings is 1. The Morgan fingerprint density at radius 1 is 1.42 bits per heavy atom. The van der Waals surface area contributed by atoms with Crippen molar-refractivity contribution < 1.29 is 17.9 Å². The van der Waals surface area contributed by atoms with Crippen LogP contribution in [0.25, 0.3) is 0 Å². The lowest BCUT2D eigenvalue weighted by molar-refractivity contribution is 0.158. The van der Waals surface area contributed by atoms with Crippen LogP contribution < -0.4 is 0 Å². The van der Waals surface area contributed by atoms with Gasteiger partial charge in [0.1, 0.15) is 5.82 Å². The van der Waals surface area contributed by atoms with Gasteiger partial charge in [-0.15, -0.1) is 0 Å². The number of nitrogens with zero attached hydrogens (tertiary/aromatic N) is 1. The van der Waals surface area contributed by atoms with Crippen LogP contribution in [0.4, 0.5) is 4.39 Å². The molecule has 2 rings (SSSR count). The van der Waals surface area contributed by atoms with E-state index < -0.39 is 21.9 Å². The Hall–Kier alpha value is -0.980. The summed E-state index contributed by atoms with van der Waals surface area (Å²) in [7, 11) is -3.59. The molecule has 1 N–H and O–H groups in total. The zero-order valence-corrected chi connectivity index (χ0v) is 11.6. The van der Waals surface area contributed by atoms with Gasteiger partial charge in [-0.2, -0.15) is 4.31 Å². The molecule has 2 unspecified atom stereocenters. The normalized spacial score (nSPS) is 22.6. The van der Waals surface area contributed by atoms with Crippen molar-refractivity contribution in [3.05, 3.63) is 30.1 Å². The molecule has 1 heterocycles. The van der Waals surface area contributed by atoms with Crippen LogP contribution in [0.1, 0.15) is 26.2 Å². The Morgan fingerprint density at radius 3 is 2.63 bits per heavy atom. The Kier molecular flexibility index (Phi) is 4.23. The Morgan fingerprint density at radius 2 is 2.05 bits per heavy atom. The second-order valence-corrected chi connectivity index (χ2v) is 6.84. The van der Waals surface area contributed by atoms with E-state index in [1.807, 2.05) is 0 Å². The van der Waals surface area contributed by atoms with Crippen LogP contribution in [0.3, 0.4) is 0 Å². The molecule has 0 radical (unpaired) electrons. The lowest BCUT2D eigenvalue weighted by atomic mass is 10.1. The van der Waals surface area contributed by atoms with Crippen LogP contribution in [0.2, 0.25) is 0 Å². The summed E-state index contributed by atoms with van der Waals surface area (Å²) in [5, 5.41) is 9.43. The number of halogens is 1. The maximum absolute atomic E-state index is 12.9. The van der Waals surface area contributed by atoms with Crippen molar-refractivity contribution in [3.8, 4) is 0 Å². The van der Waals surface area contributed by atoms with E-state index in [4.69, 9.17) is 0 Å². The Balaban J connectivity index is 2.25. The number of aliphatic hydroxyl groups is 1. The Bertz CT molecular complexity index is 527. The fraction of sp³-hybridized carbons (Fsp3) is 0.538. The summed E-state index contributed by atoms with van der Waals surface area (Å²) in [6.07, 6.45) is 1.44. The molecule has 4 nitrogen and oxygen atoms in total. The molecule has 0 spiro atoms. The molecule has 0 aromatic heterocycles. The first-order valence-electron chi connectivity index (χ1n) is 6.37. The number of aliphatic hydroxyl groups excluding tert-OH is 1. The van der Waals surface area contributed by atoms with E-state index >= 15 is 0 Å². The van der Waals surface area contributed by atoms with Crippen LogP contribution in [0.5, 0.6) is 0 Å². The highest BCUT2D eigenvalue weighted by Gasteiger charge is 2.35. The molecule has 1 aromatic rings. The van der Waals surface area contributed by atoms with Gasteiger partial charge in [-0.05, 0) is 50.5 Å². The molecule has 6 heteroatoms. The first kappa shape index (κ1) is 14.4. The SMILES string of the molecule is CC(O)CC1CCCN1S(=O)(=O)c1ccc(F)cc1. The van der Waals surface area contributed by atoms with E-state index in [0.29, 0.717) is 13.0 Å². The molecule has 0 amide bonds. The van der Waals surface area contributed by atoms with E-state index in [2.05, 4.69) is 0 Å². The monoisotopic (exact) mass is 287 g/mol. The van der Waals surface area contributed by atoms with E-state index in [0.717, 1.165) is 25.0 Å². The summed E-state index contributed by atoms with van der Waals surface area (Å²) in [4.78, 5) is 0.103.